The Hall–Kier alpha value is -0.830. The molecule has 1 aromatic rings. The summed E-state index contributed by atoms with van der Waals surface area (Å²) in [4.78, 5) is 0. The van der Waals surface area contributed by atoms with Crippen molar-refractivity contribution in [2.75, 3.05) is 6.54 Å². The van der Waals surface area contributed by atoms with Gasteiger partial charge < -0.3 is 10.3 Å². The van der Waals surface area contributed by atoms with Gasteiger partial charge in [-0.25, -0.2) is 0 Å². The molecule has 2 N–H and O–H groups in total. The summed E-state index contributed by atoms with van der Waals surface area (Å²) in [5.74, 6) is 0.879. The van der Waals surface area contributed by atoms with E-state index in [0.29, 0.717) is 6.54 Å². The summed E-state index contributed by atoms with van der Waals surface area (Å²) in [6.07, 6.45) is 3.59. The van der Waals surface area contributed by atoms with Gasteiger partial charge in [-0.2, -0.15) is 0 Å². The van der Waals surface area contributed by atoms with E-state index in [4.69, 9.17) is 10.3 Å². The predicted octanol–water partition coefficient (Wildman–Crippen LogP) is 1.36. The minimum atomic E-state index is 0.151. The fraction of sp³-hybridized carbons (Fsp3) is 0.667. The molecule has 0 aliphatic heterocycles. The number of rotatable bonds is 2. The van der Waals surface area contributed by atoms with Gasteiger partial charge in [0.15, 0.2) is 0 Å². The second kappa shape index (κ2) is 2.59. The zero-order valence-corrected chi connectivity index (χ0v) is 7.34. The largest absolute Gasteiger partial charge is 0.361 e. The zero-order valence-electron chi connectivity index (χ0n) is 7.34. The van der Waals surface area contributed by atoms with Gasteiger partial charge in [-0.15, -0.1) is 0 Å². The number of aryl methyl sites for hydroxylation is 1. The van der Waals surface area contributed by atoms with Crippen molar-refractivity contribution < 1.29 is 4.52 Å². The van der Waals surface area contributed by atoms with Gasteiger partial charge in [0.25, 0.3) is 0 Å². The van der Waals surface area contributed by atoms with Crippen LogP contribution in [0.15, 0.2) is 10.6 Å². The van der Waals surface area contributed by atoms with Gasteiger partial charge in [0, 0.05) is 18.0 Å². The molecule has 66 valence electrons. The molecule has 3 nitrogen and oxygen atoms in total. The van der Waals surface area contributed by atoms with Crippen LogP contribution in [-0.2, 0) is 5.41 Å². The monoisotopic (exact) mass is 166 g/mol. The average Bonchev–Trinajstić information content (AvgIpc) is 2.35. The third-order valence-electron chi connectivity index (χ3n) is 2.87. The van der Waals surface area contributed by atoms with E-state index >= 15 is 0 Å². The van der Waals surface area contributed by atoms with Crippen LogP contribution in [0, 0.1) is 6.92 Å². The molecule has 0 spiro atoms. The standard InChI is InChI=1S/C9H14N2O/c1-7-5-8(11-12-7)9(6-10)3-2-4-9/h5H,2-4,6,10H2,1H3. The van der Waals surface area contributed by atoms with Crippen LogP contribution < -0.4 is 5.73 Å². The first-order valence-electron chi connectivity index (χ1n) is 4.41. The summed E-state index contributed by atoms with van der Waals surface area (Å²) >= 11 is 0. The van der Waals surface area contributed by atoms with Crippen molar-refractivity contribution in [3.8, 4) is 0 Å². The number of nitrogens with two attached hydrogens (primary N) is 1. The first kappa shape index (κ1) is 7.80. The molecular formula is C9H14N2O. The van der Waals surface area contributed by atoms with Crippen LogP contribution in [0.4, 0.5) is 0 Å². The van der Waals surface area contributed by atoms with Crippen molar-refractivity contribution in [2.45, 2.75) is 31.6 Å². The lowest BCUT2D eigenvalue weighted by Gasteiger charge is -2.38. The molecule has 2 rings (SSSR count). The van der Waals surface area contributed by atoms with Crippen molar-refractivity contribution in [1.82, 2.24) is 5.16 Å². The Balaban J connectivity index is 2.27. The van der Waals surface area contributed by atoms with E-state index in [2.05, 4.69) is 5.16 Å². The van der Waals surface area contributed by atoms with Crippen LogP contribution in [0.5, 0.6) is 0 Å². The van der Waals surface area contributed by atoms with Crippen molar-refractivity contribution >= 4 is 0 Å². The predicted molar refractivity (Wildman–Crippen MR) is 45.8 cm³/mol. The van der Waals surface area contributed by atoms with E-state index in [1.54, 1.807) is 0 Å². The van der Waals surface area contributed by atoms with E-state index in [-0.39, 0.29) is 5.41 Å². The fourth-order valence-electron chi connectivity index (χ4n) is 1.78. The highest BCUT2D eigenvalue weighted by Gasteiger charge is 2.39. The maximum absolute atomic E-state index is 5.73. The highest BCUT2D eigenvalue weighted by molar-refractivity contribution is 5.21. The summed E-state index contributed by atoms with van der Waals surface area (Å²) in [6, 6.07) is 2.01. The molecule has 0 atom stereocenters. The molecule has 0 aromatic carbocycles. The summed E-state index contributed by atoms with van der Waals surface area (Å²) in [5, 5.41) is 4.03. The van der Waals surface area contributed by atoms with Crippen LogP contribution in [0.2, 0.25) is 0 Å². The molecule has 1 fully saturated rings. The average molecular weight is 166 g/mol. The zero-order chi connectivity index (χ0) is 8.60. The van der Waals surface area contributed by atoms with Gasteiger partial charge in [0.2, 0.25) is 0 Å². The van der Waals surface area contributed by atoms with Gasteiger partial charge in [0.1, 0.15) is 5.76 Å². The number of hydrogen-bond acceptors (Lipinski definition) is 3. The molecule has 0 radical (unpaired) electrons. The van der Waals surface area contributed by atoms with Gasteiger partial charge in [0.05, 0.1) is 5.69 Å². The minimum absolute atomic E-state index is 0.151. The Bertz CT molecular complexity index is 270. The number of nitrogens with zero attached hydrogens (tertiary/aromatic N) is 1. The van der Waals surface area contributed by atoms with Crippen molar-refractivity contribution in [3.63, 3.8) is 0 Å². The lowest BCUT2D eigenvalue weighted by molar-refractivity contribution is 0.233. The second-order valence-corrected chi connectivity index (χ2v) is 3.66. The van der Waals surface area contributed by atoms with Gasteiger partial charge in [-0.3, -0.25) is 0 Å². The highest BCUT2D eigenvalue weighted by atomic mass is 16.5. The lowest BCUT2D eigenvalue weighted by atomic mass is 9.67. The molecule has 1 heterocycles. The third kappa shape index (κ3) is 0.966. The maximum Gasteiger partial charge on any atom is 0.133 e. The molecule has 12 heavy (non-hydrogen) atoms. The van der Waals surface area contributed by atoms with Crippen LogP contribution in [-0.4, -0.2) is 11.7 Å². The van der Waals surface area contributed by atoms with E-state index in [1.165, 1.54) is 6.42 Å². The Morgan fingerprint density at radius 2 is 2.42 bits per heavy atom. The van der Waals surface area contributed by atoms with Crippen LogP contribution in [0.3, 0.4) is 0 Å². The Morgan fingerprint density at radius 3 is 2.75 bits per heavy atom. The summed E-state index contributed by atoms with van der Waals surface area (Å²) < 4.78 is 5.04. The number of hydrogen-bond donors (Lipinski definition) is 1. The molecule has 3 heteroatoms. The summed E-state index contributed by atoms with van der Waals surface area (Å²) in [7, 11) is 0. The molecule has 0 saturated heterocycles. The summed E-state index contributed by atoms with van der Waals surface area (Å²) in [5.41, 5.74) is 6.93. The van der Waals surface area contributed by atoms with Crippen LogP contribution in [0.25, 0.3) is 0 Å². The summed E-state index contributed by atoms with van der Waals surface area (Å²) in [6.45, 7) is 2.61. The van der Waals surface area contributed by atoms with Gasteiger partial charge in [-0.05, 0) is 19.8 Å². The van der Waals surface area contributed by atoms with Crippen LogP contribution >= 0.6 is 0 Å². The van der Waals surface area contributed by atoms with E-state index in [0.717, 1.165) is 24.3 Å². The van der Waals surface area contributed by atoms with E-state index < -0.39 is 0 Å². The molecule has 1 aromatic heterocycles. The Kier molecular flexibility index (Phi) is 1.68. The highest BCUT2D eigenvalue weighted by Crippen LogP contribution is 2.42. The molecule has 1 saturated carbocycles. The Labute approximate surface area is 71.9 Å². The van der Waals surface area contributed by atoms with Gasteiger partial charge >= 0.3 is 0 Å². The molecule has 1 aliphatic rings. The minimum Gasteiger partial charge on any atom is -0.361 e. The molecule has 1 aliphatic carbocycles. The smallest absolute Gasteiger partial charge is 0.133 e. The molecule has 0 bridgehead atoms. The third-order valence-corrected chi connectivity index (χ3v) is 2.87. The first-order valence-corrected chi connectivity index (χ1v) is 4.41. The molecule has 0 unspecified atom stereocenters. The van der Waals surface area contributed by atoms with Gasteiger partial charge in [-0.1, -0.05) is 11.6 Å². The molecule has 0 amide bonds. The van der Waals surface area contributed by atoms with E-state index in [9.17, 15) is 0 Å². The normalized spacial score (nSPS) is 20.5. The van der Waals surface area contributed by atoms with E-state index in [1.807, 2.05) is 13.0 Å². The molecular weight excluding hydrogens is 152 g/mol. The van der Waals surface area contributed by atoms with Crippen molar-refractivity contribution in [1.29, 1.82) is 0 Å². The maximum atomic E-state index is 5.73. The van der Waals surface area contributed by atoms with Crippen molar-refractivity contribution in [3.05, 3.63) is 17.5 Å². The Morgan fingerprint density at radius 1 is 1.67 bits per heavy atom. The van der Waals surface area contributed by atoms with Crippen molar-refractivity contribution in [2.24, 2.45) is 5.73 Å². The second-order valence-electron chi connectivity index (χ2n) is 3.66. The topological polar surface area (TPSA) is 52.0 Å². The lowest BCUT2D eigenvalue weighted by Crippen LogP contribution is -2.41. The number of aromatic nitrogens is 1. The SMILES string of the molecule is Cc1cc(C2(CN)CCC2)no1. The quantitative estimate of drug-likeness (QED) is 0.721. The first-order chi connectivity index (χ1) is 5.77. The van der Waals surface area contributed by atoms with Crippen LogP contribution in [0.1, 0.15) is 30.7 Å². The fourth-order valence-corrected chi connectivity index (χ4v) is 1.78.